The predicted octanol–water partition coefficient (Wildman–Crippen LogP) is 4.48. The molecule has 2 saturated carbocycles. The lowest BCUT2D eigenvalue weighted by molar-refractivity contribution is -0.0858. The van der Waals surface area contributed by atoms with Crippen molar-refractivity contribution in [1.82, 2.24) is 0 Å². The Morgan fingerprint density at radius 3 is 2.68 bits per heavy atom. The summed E-state index contributed by atoms with van der Waals surface area (Å²) in [7, 11) is 0. The van der Waals surface area contributed by atoms with Crippen LogP contribution < -0.4 is 0 Å². The Bertz CT molecular complexity index is 439. The van der Waals surface area contributed by atoms with Crippen LogP contribution in [0.25, 0.3) is 0 Å². The van der Waals surface area contributed by atoms with Crippen molar-refractivity contribution in [1.29, 1.82) is 0 Å². The molecule has 2 rings (SSSR count). The average Bonchev–Trinajstić information content (AvgIpc) is 2.46. The van der Waals surface area contributed by atoms with Gasteiger partial charge in [0.1, 0.15) is 0 Å². The molecule has 2 aliphatic carbocycles. The van der Waals surface area contributed by atoms with E-state index in [4.69, 9.17) is 5.11 Å². The summed E-state index contributed by atoms with van der Waals surface area (Å²) < 4.78 is 0. The van der Waals surface area contributed by atoms with Gasteiger partial charge in [0.05, 0.1) is 6.61 Å². The SMILES string of the molecule is C=C1CC[C@@H]2[C@@](C)(CO)CCC[C@]2(C)[C@H]1CCC(C)=CCO. The average molecular weight is 306 g/mol. The van der Waals surface area contributed by atoms with E-state index in [2.05, 4.69) is 27.4 Å². The highest BCUT2D eigenvalue weighted by Gasteiger charge is 2.53. The maximum atomic E-state index is 9.98. The molecule has 0 bridgehead atoms. The van der Waals surface area contributed by atoms with Gasteiger partial charge in [0.25, 0.3) is 0 Å². The number of hydrogen-bond donors (Lipinski definition) is 2. The van der Waals surface area contributed by atoms with Crippen molar-refractivity contribution in [2.24, 2.45) is 22.7 Å². The van der Waals surface area contributed by atoms with Gasteiger partial charge in [0, 0.05) is 6.61 Å². The molecule has 2 nitrogen and oxygen atoms in total. The molecule has 0 aromatic rings. The molecule has 0 aliphatic heterocycles. The number of fused-ring (bicyclic) bond motifs is 1. The zero-order valence-electron chi connectivity index (χ0n) is 14.7. The van der Waals surface area contributed by atoms with Crippen molar-refractivity contribution >= 4 is 0 Å². The molecule has 0 heterocycles. The van der Waals surface area contributed by atoms with Gasteiger partial charge in [-0.15, -0.1) is 0 Å². The number of aliphatic hydroxyl groups is 2. The minimum atomic E-state index is 0.0853. The van der Waals surface area contributed by atoms with Crippen molar-refractivity contribution in [3.05, 3.63) is 23.8 Å². The summed E-state index contributed by atoms with van der Waals surface area (Å²) in [6.45, 7) is 11.7. The number of aliphatic hydroxyl groups excluding tert-OH is 2. The van der Waals surface area contributed by atoms with E-state index < -0.39 is 0 Å². The van der Waals surface area contributed by atoms with E-state index in [0.29, 0.717) is 18.4 Å². The summed E-state index contributed by atoms with van der Waals surface area (Å²) in [5.74, 6) is 1.16. The molecule has 0 aromatic carbocycles. The third kappa shape index (κ3) is 3.19. The van der Waals surface area contributed by atoms with Crippen LogP contribution in [-0.2, 0) is 0 Å². The molecule has 0 aromatic heterocycles. The molecule has 4 atom stereocenters. The Hall–Kier alpha value is -0.600. The van der Waals surface area contributed by atoms with Gasteiger partial charge >= 0.3 is 0 Å². The summed E-state index contributed by atoms with van der Waals surface area (Å²) in [5, 5.41) is 19.0. The summed E-state index contributed by atoms with van der Waals surface area (Å²) >= 11 is 0. The van der Waals surface area contributed by atoms with Gasteiger partial charge in [-0.05, 0) is 68.1 Å². The fraction of sp³-hybridized carbons (Fsp3) is 0.800. The third-order valence-electron chi connectivity index (χ3n) is 6.77. The first kappa shape index (κ1) is 17.7. The van der Waals surface area contributed by atoms with Crippen LogP contribution in [0.5, 0.6) is 0 Å². The van der Waals surface area contributed by atoms with E-state index in [0.717, 1.165) is 25.7 Å². The van der Waals surface area contributed by atoms with Gasteiger partial charge in [-0.2, -0.15) is 0 Å². The summed E-state index contributed by atoms with van der Waals surface area (Å²) in [6, 6.07) is 0. The summed E-state index contributed by atoms with van der Waals surface area (Å²) in [6.07, 6.45) is 10.0. The van der Waals surface area contributed by atoms with Gasteiger partial charge < -0.3 is 10.2 Å². The van der Waals surface area contributed by atoms with Crippen LogP contribution in [-0.4, -0.2) is 23.4 Å². The molecule has 0 spiro atoms. The maximum Gasteiger partial charge on any atom is 0.0614 e. The standard InChI is InChI=1S/C20H34O2/c1-15(10-13-21)6-8-17-16(2)7-9-18-19(3,14-22)11-5-12-20(17,18)4/h10,17-18,21-22H,2,5-9,11-14H2,1,3-4H3/t17-,18+,19+,20+/m0/s1. The highest BCUT2D eigenvalue weighted by molar-refractivity contribution is 5.17. The van der Waals surface area contributed by atoms with Crippen LogP contribution in [0.15, 0.2) is 23.8 Å². The molecular formula is C20H34O2. The molecule has 2 heteroatoms. The van der Waals surface area contributed by atoms with Crippen LogP contribution in [0.1, 0.15) is 65.7 Å². The van der Waals surface area contributed by atoms with Gasteiger partial charge in [-0.3, -0.25) is 0 Å². The van der Waals surface area contributed by atoms with E-state index in [1.165, 1.54) is 30.4 Å². The third-order valence-corrected chi connectivity index (χ3v) is 6.77. The first-order valence-corrected chi connectivity index (χ1v) is 8.92. The fourth-order valence-electron chi connectivity index (χ4n) is 5.44. The monoisotopic (exact) mass is 306 g/mol. The van der Waals surface area contributed by atoms with Crippen molar-refractivity contribution in [2.45, 2.75) is 65.7 Å². The van der Waals surface area contributed by atoms with Gasteiger partial charge in [-0.1, -0.05) is 44.1 Å². The Balaban J connectivity index is 2.20. The highest BCUT2D eigenvalue weighted by Crippen LogP contribution is 2.61. The molecule has 2 aliphatic rings. The number of rotatable bonds is 5. The van der Waals surface area contributed by atoms with Crippen molar-refractivity contribution in [2.75, 3.05) is 13.2 Å². The molecule has 0 saturated heterocycles. The molecule has 126 valence electrons. The minimum absolute atomic E-state index is 0.0853. The molecule has 2 fully saturated rings. The van der Waals surface area contributed by atoms with Crippen molar-refractivity contribution in [3.8, 4) is 0 Å². The van der Waals surface area contributed by atoms with Crippen molar-refractivity contribution in [3.63, 3.8) is 0 Å². The van der Waals surface area contributed by atoms with Gasteiger partial charge in [0.2, 0.25) is 0 Å². The Labute approximate surface area is 136 Å². The van der Waals surface area contributed by atoms with E-state index >= 15 is 0 Å². The normalized spacial score (nSPS) is 39.7. The fourth-order valence-corrected chi connectivity index (χ4v) is 5.44. The molecule has 0 unspecified atom stereocenters. The minimum Gasteiger partial charge on any atom is -0.396 e. The lowest BCUT2D eigenvalue weighted by Gasteiger charge is -2.58. The molecule has 0 amide bonds. The van der Waals surface area contributed by atoms with E-state index in [1.807, 2.05) is 6.08 Å². The second-order valence-electron chi connectivity index (χ2n) is 8.25. The predicted molar refractivity (Wildman–Crippen MR) is 92.6 cm³/mol. The van der Waals surface area contributed by atoms with Crippen LogP contribution in [0.4, 0.5) is 0 Å². The van der Waals surface area contributed by atoms with Crippen molar-refractivity contribution < 1.29 is 10.2 Å². The second kappa shape index (κ2) is 6.88. The Morgan fingerprint density at radius 1 is 1.32 bits per heavy atom. The Morgan fingerprint density at radius 2 is 2.05 bits per heavy atom. The van der Waals surface area contributed by atoms with E-state index in [-0.39, 0.29) is 17.4 Å². The van der Waals surface area contributed by atoms with Crippen LogP contribution in [0.2, 0.25) is 0 Å². The smallest absolute Gasteiger partial charge is 0.0614 e. The molecular weight excluding hydrogens is 272 g/mol. The van der Waals surface area contributed by atoms with Crippen LogP contribution in [0, 0.1) is 22.7 Å². The number of allylic oxidation sites excluding steroid dienone is 2. The second-order valence-corrected chi connectivity index (χ2v) is 8.25. The zero-order valence-corrected chi connectivity index (χ0v) is 14.7. The molecule has 0 radical (unpaired) electrons. The number of hydrogen-bond acceptors (Lipinski definition) is 2. The van der Waals surface area contributed by atoms with E-state index in [1.54, 1.807) is 0 Å². The van der Waals surface area contributed by atoms with E-state index in [9.17, 15) is 5.11 Å². The largest absolute Gasteiger partial charge is 0.396 e. The first-order valence-electron chi connectivity index (χ1n) is 8.92. The van der Waals surface area contributed by atoms with Crippen LogP contribution >= 0.6 is 0 Å². The van der Waals surface area contributed by atoms with Gasteiger partial charge in [0.15, 0.2) is 0 Å². The van der Waals surface area contributed by atoms with Crippen LogP contribution in [0.3, 0.4) is 0 Å². The lowest BCUT2D eigenvalue weighted by atomic mass is 9.47. The lowest BCUT2D eigenvalue weighted by Crippen LogP contribution is -2.51. The summed E-state index contributed by atoms with van der Waals surface area (Å²) in [5.41, 5.74) is 3.06. The summed E-state index contributed by atoms with van der Waals surface area (Å²) in [4.78, 5) is 0. The first-order chi connectivity index (χ1) is 10.4. The molecule has 22 heavy (non-hydrogen) atoms. The molecule has 2 N–H and O–H groups in total. The zero-order chi connectivity index (χ0) is 16.4. The topological polar surface area (TPSA) is 40.5 Å². The maximum absolute atomic E-state index is 9.98. The highest BCUT2D eigenvalue weighted by atomic mass is 16.3. The van der Waals surface area contributed by atoms with Gasteiger partial charge in [-0.25, -0.2) is 0 Å². The Kier molecular flexibility index (Phi) is 5.55. The quantitative estimate of drug-likeness (QED) is 0.735.